The Hall–Kier alpha value is -2.14. The average molecular weight is 423 g/mol. The number of halogens is 4. The lowest BCUT2D eigenvalue weighted by molar-refractivity contribution is 0.102. The molecular formula is C16H14ClF3N2O4S. The molecule has 0 radical (unpaired) electrons. The zero-order valence-electron chi connectivity index (χ0n) is 13.8. The molecule has 2 aromatic rings. The van der Waals surface area contributed by atoms with Crippen molar-refractivity contribution < 1.29 is 31.5 Å². The maximum Gasteiger partial charge on any atom is 0.255 e. The molecule has 2 aromatic carbocycles. The SMILES string of the molecule is CN(CCO)S(=O)(=O)c1cc(C(=O)Nc2cc(F)c(F)c(F)c2)ccc1Cl. The van der Waals surface area contributed by atoms with Crippen molar-refractivity contribution in [3.8, 4) is 0 Å². The number of nitrogens with one attached hydrogen (secondary N) is 1. The molecule has 6 nitrogen and oxygen atoms in total. The van der Waals surface area contributed by atoms with E-state index in [2.05, 4.69) is 5.32 Å². The predicted molar refractivity (Wildman–Crippen MR) is 92.6 cm³/mol. The van der Waals surface area contributed by atoms with E-state index in [0.717, 1.165) is 10.4 Å². The summed E-state index contributed by atoms with van der Waals surface area (Å²) in [5.41, 5.74) is -0.520. The summed E-state index contributed by atoms with van der Waals surface area (Å²) in [7, 11) is -2.87. The number of nitrogens with zero attached hydrogens (tertiary/aromatic N) is 1. The van der Waals surface area contributed by atoms with Crippen molar-refractivity contribution in [3.63, 3.8) is 0 Å². The third kappa shape index (κ3) is 4.59. The van der Waals surface area contributed by atoms with Gasteiger partial charge >= 0.3 is 0 Å². The predicted octanol–water partition coefficient (Wildman–Crippen LogP) is 2.62. The van der Waals surface area contributed by atoms with Gasteiger partial charge in [0.25, 0.3) is 5.91 Å². The summed E-state index contributed by atoms with van der Waals surface area (Å²) in [5.74, 6) is -5.55. The number of amides is 1. The zero-order chi connectivity index (χ0) is 20.4. The van der Waals surface area contributed by atoms with Crippen LogP contribution in [0.15, 0.2) is 35.2 Å². The van der Waals surface area contributed by atoms with Gasteiger partial charge in [-0.2, -0.15) is 4.31 Å². The molecule has 0 aromatic heterocycles. The minimum atomic E-state index is -4.09. The van der Waals surface area contributed by atoms with Crippen LogP contribution >= 0.6 is 11.6 Å². The standard InChI is InChI=1S/C16H14ClF3N2O4S/c1-22(4-5-23)27(25,26)14-6-9(2-3-11(14)17)16(24)21-10-7-12(18)15(20)13(19)8-10/h2-3,6-8,23H,4-5H2,1H3,(H,21,24). The van der Waals surface area contributed by atoms with E-state index in [9.17, 15) is 26.4 Å². The van der Waals surface area contributed by atoms with E-state index in [1.54, 1.807) is 0 Å². The lowest BCUT2D eigenvalue weighted by Gasteiger charge is -2.17. The van der Waals surface area contributed by atoms with Crippen LogP contribution < -0.4 is 5.32 Å². The van der Waals surface area contributed by atoms with Crippen LogP contribution in [0.5, 0.6) is 0 Å². The number of aliphatic hydroxyl groups is 1. The molecule has 27 heavy (non-hydrogen) atoms. The van der Waals surface area contributed by atoms with E-state index in [1.165, 1.54) is 19.2 Å². The van der Waals surface area contributed by atoms with Crippen molar-refractivity contribution >= 4 is 33.2 Å². The van der Waals surface area contributed by atoms with E-state index in [1.807, 2.05) is 0 Å². The Labute approximate surface area is 158 Å². The Kier molecular flexibility index (Phi) is 6.47. The first kappa shape index (κ1) is 21.2. The summed E-state index contributed by atoms with van der Waals surface area (Å²) in [6.07, 6.45) is 0. The third-order valence-electron chi connectivity index (χ3n) is 3.54. The molecule has 0 aliphatic carbocycles. The van der Waals surface area contributed by atoms with Crippen molar-refractivity contribution in [1.29, 1.82) is 0 Å². The fourth-order valence-corrected chi connectivity index (χ4v) is 3.76. The van der Waals surface area contributed by atoms with Gasteiger partial charge in [-0.05, 0) is 18.2 Å². The van der Waals surface area contributed by atoms with E-state index in [4.69, 9.17) is 16.7 Å². The number of hydrogen-bond donors (Lipinski definition) is 2. The topological polar surface area (TPSA) is 86.7 Å². The highest BCUT2D eigenvalue weighted by atomic mass is 35.5. The number of hydrogen-bond acceptors (Lipinski definition) is 4. The van der Waals surface area contributed by atoms with Gasteiger partial charge < -0.3 is 10.4 Å². The minimum Gasteiger partial charge on any atom is -0.395 e. The largest absolute Gasteiger partial charge is 0.395 e. The minimum absolute atomic E-state index is 0.157. The normalized spacial score (nSPS) is 11.7. The quantitative estimate of drug-likeness (QED) is 0.701. The van der Waals surface area contributed by atoms with Gasteiger partial charge in [0.2, 0.25) is 10.0 Å². The fourth-order valence-electron chi connectivity index (χ4n) is 2.10. The molecule has 0 spiro atoms. The Balaban J connectivity index is 2.36. The van der Waals surface area contributed by atoms with Crippen LogP contribution in [0.25, 0.3) is 0 Å². The maximum absolute atomic E-state index is 13.2. The van der Waals surface area contributed by atoms with Crippen LogP contribution in [0, 0.1) is 17.5 Å². The summed E-state index contributed by atoms with van der Waals surface area (Å²) in [6, 6.07) is 4.52. The van der Waals surface area contributed by atoms with Gasteiger partial charge in [0, 0.05) is 37.0 Å². The number of benzene rings is 2. The fraction of sp³-hybridized carbons (Fsp3) is 0.188. The number of aliphatic hydroxyl groups excluding tert-OH is 1. The van der Waals surface area contributed by atoms with Crippen LogP contribution in [-0.4, -0.2) is 43.9 Å². The number of likely N-dealkylation sites (N-methyl/N-ethyl adjacent to an activating group) is 1. The lowest BCUT2D eigenvalue weighted by atomic mass is 10.2. The summed E-state index contributed by atoms with van der Waals surface area (Å²) >= 11 is 5.91. The molecule has 0 bridgehead atoms. The Morgan fingerprint density at radius 1 is 1.19 bits per heavy atom. The zero-order valence-corrected chi connectivity index (χ0v) is 15.4. The first-order valence-corrected chi connectivity index (χ1v) is 9.22. The van der Waals surface area contributed by atoms with Crippen molar-refractivity contribution in [1.82, 2.24) is 4.31 Å². The van der Waals surface area contributed by atoms with Gasteiger partial charge in [0.15, 0.2) is 17.5 Å². The van der Waals surface area contributed by atoms with E-state index < -0.39 is 40.0 Å². The molecule has 11 heteroatoms. The van der Waals surface area contributed by atoms with Crippen LogP contribution in [0.2, 0.25) is 5.02 Å². The molecule has 0 aliphatic heterocycles. The van der Waals surface area contributed by atoms with Gasteiger partial charge in [-0.1, -0.05) is 11.6 Å². The maximum atomic E-state index is 13.2. The number of carbonyl (C=O) groups is 1. The first-order chi connectivity index (χ1) is 12.6. The van der Waals surface area contributed by atoms with Crippen LogP contribution in [0.1, 0.15) is 10.4 Å². The molecule has 1 amide bonds. The van der Waals surface area contributed by atoms with Crippen molar-refractivity contribution in [2.75, 3.05) is 25.5 Å². The summed E-state index contributed by atoms with van der Waals surface area (Å²) in [4.78, 5) is 11.9. The molecule has 0 aliphatic rings. The summed E-state index contributed by atoms with van der Waals surface area (Å²) < 4.78 is 65.2. The van der Waals surface area contributed by atoms with E-state index >= 15 is 0 Å². The summed E-state index contributed by atoms with van der Waals surface area (Å²) in [6.45, 7) is -0.613. The number of anilines is 1. The first-order valence-electron chi connectivity index (χ1n) is 7.40. The van der Waals surface area contributed by atoms with E-state index in [0.29, 0.717) is 12.1 Å². The van der Waals surface area contributed by atoms with Crippen LogP contribution in [0.4, 0.5) is 18.9 Å². The third-order valence-corrected chi connectivity index (χ3v) is 5.88. The molecule has 2 rings (SSSR count). The molecule has 2 N–H and O–H groups in total. The lowest BCUT2D eigenvalue weighted by Crippen LogP contribution is -2.30. The van der Waals surface area contributed by atoms with Crippen LogP contribution in [0.3, 0.4) is 0 Å². The van der Waals surface area contributed by atoms with Gasteiger partial charge in [-0.25, -0.2) is 21.6 Å². The molecule has 0 unspecified atom stereocenters. The molecule has 0 atom stereocenters. The second-order valence-electron chi connectivity index (χ2n) is 5.40. The number of rotatable bonds is 6. The van der Waals surface area contributed by atoms with Gasteiger partial charge in [-0.3, -0.25) is 4.79 Å². The highest BCUT2D eigenvalue weighted by molar-refractivity contribution is 7.89. The highest BCUT2D eigenvalue weighted by Gasteiger charge is 2.25. The van der Waals surface area contributed by atoms with Crippen LogP contribution in [-0.2, 0) is 10.0 Å². The molecular weight excluding hydrogens is 409 g/mol. The summed E-state index contributed by atoms with van der Waals surface area (Å²) in [5, 5.41) is 10.9. The Bertz CT molecular complexity index is 963. The number of carbonyl (C=O) groups excluding carboxylic acids is 1. The van der Waals surface area contributed by atoms with Gasteiger partial charge in [0.1, 0.15) is 4.90 Å². The number of sulfonamides is 1. The monoisotopic (exact) mass is 422 g/mol. The smallest absolute Gasteiger partial charge is 0.255 e. The van der Waals surface area contributed by atoms with Gasteiger partial charge in [0.05, 0.1) is 11.6 Å². The van der Waals surface area contributed by atoms with E-state index in [-0.39, 0.29) is 27.7 Å². The second kappa shape index (κ2) is 8.26. The molecule has 146 valence electrons. The van der Waals surface area contributed by atoms with Crippen molar-refractivity contribution in [2.45, 2.75) is 4.90 Å². The molecule has 0 saturated carbocycles. The van der Waals surface area contributed by atoms with Crippen molar-refractivity contribution in [2.24, 2.45) is 0 Å². The highest BCUT2D eigenvalue weighted by Crippen LogP contribution is 2.26. The second-order valence-corrected chi connectivity index (χ2v) is 7.82. The Morgan fingerprint density at radius 3 is 2.33 bits per heavy atom. The van der Waals surface area contributed by atoms with Crippen molar-refractivity contribution in [3.05, 3.63) is 58.4 Å². The molecule has 0 fully saturated rings. The Morgan fingerprint density at radius 2 is 1.78 bits per heavy atom. The average Bonchev–Trinajstić information content (AvgIpc) is 2.59. The molecule has 0 heterocycles. The van der Waals surface area contributed by atoms with Gasteiger partial charge in [-0.15, -0.1) is 0 Å². The molecule has 0 saturated heterocycles.